The van der Waals surface area contributed by atoms with Gasteiger partial charge in [-0.3, -0.25) is 4.79 Å². The van der Waals surface area contributed by atoms with E-state index in [9.17, 15) is 4.79 Å². The quantitative estimate of drug-likeness (QED) is 0.553. The van der Waals surface area contributed by atoms with Crippen LogP contribution in [-0.2, 0) is 4.79 Å². The number of anilines is 2. The summed E-state index contributed by atoms with van der Waals surface area (Å²) in [7, 11) is 0. The summed E-state index contributed by atoms with van der Waals surface area (Å²) in [6, 6.07) is 10.5. The highest BCUT2D eigenvalue weighted by Gasteiger charge is 2.27. The van der Waals surface area contributed by atoms with Gasteiger partial charge < -0.3 is 14.6 Å². The summed E-state index contributed by atoms with van der Waals surface area (Å²) in [4.78, 5) is 23.9. The Morgan fingerprint density at radius 1 is 1.20 bits per heavy atom. The van der Waals surface area contributed by atoms with Crippen LogP contribution in [0, 0.1) is 5.92 Å². The SMILES string of the molecule is CC(C)n1ncc2cc(NC(=O)C3CCN(c4nc5ccccc5o4)CC3)cnc21. The Morgan fingerprint density at radius 2 is 2.00 bits per heavy atom. The molecule has 1 amide bonds. The lowest BCUT2D eigenvalue weighted by Gasteiger charge is -2.30. The van der Waals surface area contributed by atoms with Crippen LogP contribution < -0.4 is 10.2 Å². The highest BCUT2D eigenvalue weighted by Crippen LogP contribution is 2.27. The second-order valence-corrected chi connectivity index (χ2v) is 8.03. The molecule has 0 spiro atoms. The Labute approximate surface area is 173 Å². The fourth-order valence-corrected chi connectivity index (χ4v) is 3.96. The van der Waals surface area contributed by atoms with E-state index >= 15 is 0 Å². The first-order valence-corrected chi connectivity index (χ1v) is 10.3. The number of nitrogens with one attached hydrogen (secondary N) is 1. The second-order valence-electron chi connectivity index (χ2n) is 8.03. The smallest absolute Gasteiger partial charge is 0.298 e. The number of piperidine rings is 1. The van der Waals surface area contributed by atoms with Gasteiger partial charge in [-0.05, 0) is 44.9 Å². The molecule has 30 heavy (non-hydrogen) atoms. The van der Waals surface area contributed by atoms with Crippen LogP contribution in [0.25, 0.3) is 22.1 Å². The van der Waals surface area contributed by atoms with E-state index in [1.165, 1.54) is 0 Å². The number of pyridine rings is 1. The molecule has 0 aliphatic carbocycles. The van der Waals surface area contributed by atoms with Crippen LogP contribution in [0.3, 0.4) is 0 Å². The predicted molar refractivity (Wildman–Crippen MR) is 115 cm³/mol. The molecule has 5 rings (SSSR count). The molecule has 0 bridgehead atoms. The Morgan fingerprint density at radius 3 is 2.77 bits per heavy atom. The Hall–Kier alpha value is -3.42. The zero-order valence-electron chi connectivity index (χ0n) is 17.1. The number of carbonyl (C=O) groups excluding carboxylic acids is 1. The van der Waals surface area contributed by atoms with Crippen LogP contribution >= 0.6 is 0 Å². The van der Waals surface area contributed by atoms with Gasteiger partial charge in [0.1, 0.15) is 5.52 Å². The maximum Gasteiger partial charge on any atom is 0.298 e. The standard InChI is InChI=1S/C22H24N6O2/c1-14(2)28-20-16(12-24-28)11-17(13-23-20)25-21(29)15-7-9-27(10-8-15)22-26-18-5-3-4-6-19(18)30-22/h3-6,11-15H,7-10H2,1-2H3,(H,25,29). The number of fused-ring (bicyclic) bond motifs is 2. The van der Waals surface area contributed by atoms with Crippen molar-refractivity contribution in [3.05, 3.63) is 42.7 Å². The molecule has 1 saturated heterocycles. The zero-order chi connectivity index (χ0) is 20.7. The number of carbonyl (C=O) groups is 1. The van der Waals surface area contributed by atoms with Crippen molar-refractivity contribution in [2.24, 2.45) is 5.92 Å². The van der Waals surface area contributed by atoms with E-state index in [1.807, 2.05) is 35.0 Å². The average Bonchev–Trinajstić information content (AvgIpc) is 3.37. The molecule has 1 aromatic carbocycles. The Kier molecular flexibility index (Phi) is 4.61. The van der Waals surface area contributed by atoms with Gasteiger partial charge in [-0.1, -0.05) is 12.1 Å². The van der Waals surface area contributed by atoms with E-state index < -0.39 is 0 Å². The predicted octanol–water partition coefficient (Wildman–Crippen LogP) is 4.01. The summed E-state index contributed by atoms with van der Waals surface area (Å²) < 4.78 is 7.73. The van der Waals surface area contributed by atoms with Gasteiger partial charge in [-0.15, -0.1) is 0 Å². The van der Waals surface area contributed by atoms with Gasteiger partial charge in [0.05, 0.1) is 18.1 Å². The van der Waals surface area contributed by atoms with Crippen LogP contribution in [0.2, 0.25) is 0 Å². The van der Waals surface area contributed by atoms with Crippen molar-refractivity contribution < 1.29 is 9.21 Å². The topological polar surface area (TPSA) is 89.1 Å². The summed E-state index contributed by atoms with van der Waals surface area (Å²) >= 11 is 0. The maximum atomic E-state index is 12.8. The Bertz CT molecular complexity index is 1170. The molecule has 1 fully saturated rings. The van der Waals surface area contributed by atoms with Crippen molar-refractivity contribution in [2.45, 2.75) is 32.7 Å². The molecule has 1 N–H and O–H groups in total. The van der Waals surface area contributed by atoms with Gasteiger partial charge in [0, 0.05) is 30.4 Å². The summed E-state index contributed by atoms with van der Waals surface area (Å²) in [6.07, 6.45) is 5.00. The average molecular weight is 404 g/mol. The lowest BCUT2D eigenvalue weighted by Crippen LogP contribution is -2.38. The van der Waals surface area contributed by atoms with Gasteiger partial charge in [-0.25, -0.2) is 9.67 Å². The molecule has 0 radical (unpaired) electrons. The molecule has 1 aliphatic rings. The number of benzene rings is 1. The minimum absolute atomic E-state index is 0.0321. The van der Waals surface area contributed by atoms with Gasteiger partial charge in [0.2, 0.25) is 5.91 Å². The van der Waals surface area contributed by atoms with Crippen molar-refractivity contribution in [1.82, 2.24) is 19.7 Å². The molecule has 0 atom stereocenters. The van der Waals surface area contributed by atoms with Crippen LogP contribution in [-0.4, -0.2) is 38.7 Å². The molecule has 8 nitrogen and oxygen atoms in total. The molecule has 4 heterocycles. The van der Waals surface area contributed by atoms with E-state index in [0.717, 1.165) is 48.1 Å². The normalized spacial score (nSPS) is 15.4. The molecule has 4 aromatic rings. The molecule has 154 valence electrons. The lowest BCUT2D eigenvalue weighted by atomic mass is 9.96. The third-order valence-corrected chi connectivity index (χ3v) is 5.61. The maximum absolute atomic E-state index is 12.8. The third kappa shape index (κ3) is 3.38. The van der Waals surface area contributed by atoms with Crippen LogP contribution in [0.5, 0.6) is 0 Å². The van der Waals surface area contributed by atoms with Gasteiger partial charge >= 0.3 is 0 Å². The zero-order valence-corrected chi connectivity index (χ0v) is 17.1. The monoisotopic (exact) mass is 404 g/mol. The number of nitrogens with zero attached hydrogens (tertiary/aromatic N) is 5. The molecular formula is C22H24N6O2. The van der Waals surface area contributed by atoms with Gasteiger partial charge in [-0.2, -0.15) is 10.1 Å². The van der Waals surface area contributed by atoms with Crippen molar-refractivity contribution in [3.8, 4) is 0 Å². The molecule has 3 aromatic heterocycles. The third-order valence-electron chi connectivity index (χ3n) is 5.61. The van der Waals surface area contributed by atoms with Crippen molar-refractivity contribution in [3.63, 3.8) is 0 Å². The van der Waals surface area contributed by atoms with E-state index in [1.54, 1.807) is 12.4 Å². The largest absolute Gasteiger partial charge is 0.423 e. The van der Waals surface area contributed by atoms with Crippen LogP contribution in [0.1, 0.15) is 32.7 Å². The minimum Gasteiger partial charge on any atom is -0.423 e. The second kappa shape index (κ2) is 7.44. The molecule has 0 unspecified atom stereocenters. The number of hydrogen-bond donors (Lipinski definition) is 1. The number of para-hydroxylation sites is 2. The number of rotatable bonds is 4. The molecule has 1 aliphatic heterocycles. The summed E-state index contributed by atoms with van der Waals surface area (Å²) in [5.41, 5.74) is 3.18. The van der Waals surface area contributed by atoms with E-state index in [2.05, 4.69) is 39.1 Å². The van der Waals surface area contributed by atoms with Gasteiger partial charge in [0.15, 0.2) is 11.2 Å². The van der Waals surface area contributed by atoms with Gasteiger partial charge in [0.25, 0.3) is 6.01 Å². The van der Waals surface area contributed by atoms with Crippen molar-refractivity contribution >= 4 is 39.7 Å². The highest BCUT2D eigenvalue weighted by atomic mass is 16.4. The summed E-state index contributed by atoms with van der Waals surface area (Å²) in [6.45, 7) is 5.61. The number of oxazole rings is 1. The van der Waals surface area contributed by atoms with Crippen molar-refractivity contribution in [2.75, 3.05) is 23.3 Å². The lowest BCUT2D eigenvalue weighted by molar-refractivity contribution is -0.120. The first-order chi connectivity index (χ1) is 14.6. The van der Waals surface area contributed by atoms with Crippen molar-refractivity contribution in [1.29, 1.82) is 0 Å². The van der Waals surface area contributed by atoms with Crippen LogP contribution in [0.15, 0.2) is 47.1 Å². The number of hydrogen-bond acceptors (Lipinski definition) is 6. The first kappa shape index (κ1) is 18.6. The fourth-order valence-electron chi connectivity index (χ4n) is 3.96. The summed E-state index contributed by atoms with van der Waals surface area (Å²) in [5.74, 6) is -0.00988. The minimum atomic E-state index is -0.0419. The molecule has 8 heteroatoms. The number of aromatic nitrogens is 4. The van der Waals surface area contributed by atoms with Crippen LogP contribution in [0.4, 0.5) is 11.7 Å². The van der Waals surface area contributed by atoms with E-state index in [0.29, 0.717) is 11.7 Å². The Balaban J connectivity index is 1.23. The van der Waals surface area contributed by atoms with E-state index in [4.69, 9.17) is 4.42 Å². The molecule has 0 saturated carbocycles. The summed E-state index contributed by atoms with van der Waals surface area (Å²) in [5, 5.41) is 8.32. The fraction of sp³-hybridized carbons (Fsp3) is 0.364. The first-order valence-electron chi connectivity index (χ1n) is 10.3. The number of amides is 1. The molecular weight excluding hydrogens is 380 g/mol. The van der Waals surface area contributed by atoms with E-state index in [-0.39, 0.29) is 17.9 Å². The highest BCUT2D eigenvalue weighted by molar-refractivity contribution is 5.94.